The summed E-state index contributed by atoms with van der Waals surface area (Å²) in [6.07, 6.45) is 1.59. The van der Waals surface area contributed by atoms with Gasteiger partial charge in [0.2, 0.25) is 0 Å². The fourth-order valence-corrected chi connectivity index (χ4v) is 1.38. The zero-order valence-electron chi connectivity index (χ0n) is 9.01. The van der Waals surface area contributed by atoms with Gasteiger partial charge in [-0.15, -0.1) is 0 Å². The standard InChI is InChI=1S/C11H15N3O/c1-9(15)10-5-3-7-13-11(10)14(2)8-4-6-12/h3,5,7,9,15H,4,8H2,1-2H3/t9-/m0/s1. The molecule has 0 saturated heterocycles. The van der Waals surface area contributed by atoms with Crippen molar-refractivity contribution >= 4 is 5.82 Å². The Kier molecular flexibility index (Phi) is 4.07. The molecule has 4 nitrogen and oxygen atoms in total. The monoisotopic (exact) mass is 205 g/mol. The van der Waals surface area contributed by atoms with Gasteiger partial charge in [-0.25, -0.2) is 4.98 Å². The van der Waals surface area contributed by atoms with E-state index in [4.69, 9.17) is 5.26 Å². The molecule has 0 fully saturated rings. The molecule has 0 aliphatic heterocycles. The summed E-state index contributed by atoms with van der Waals surface area (Å²) in [7, 11) is 1.87. The lowest BCUT2D eigenvalue weighted by atomic mass is 10.1. The molecule has 1 heterocycles. The van der Waals surface area contributed by atoms with Crippen LogP contribution in [0.25, 0.3) is 0 Å². The Bertz CT molecular complexity index is 357. The number of aliphatic hydroxyl groups is 1. The first-order valence-corrected chi connectivity index (χ1v) is 4.88. The lowest BCUT2D eigenvalue weighted by Crippen LogP contribution is -2.21. The Labute approximate surface area is 89.8 Å². The zero-order valence-corrected chi connectivity index (χ0v) is 9.01. The third-order valence-electron chi connectivity index (χ3n) is 2.19. The molecule has 0 bridgehead atoms. The van der Waals surface area contributed by atoms with Gasteiger partial charge in [0.05, 0.1) is 18.6 Å². The largest absolute Gasteiger partial charge is 0.389 e. The Hall–Kier alpha value is -1.60. The molecule has 1 aromatic rings. The van der Waals surface area contributed by atoms with Crippen molar-refractivity contribution in [2.45, 2.75) is 19.4 Å². The quantitative estimate of drug-likeness (QED) is 0.808. The van der Waals surface area contributed by atoms with Gasteiger partial charge < -0.3 is 10.0 Å². The van der Waals surface area contributed by atoms with E-state index < -0.39 is 6.10 Å². The van der Waals surface area contributed by atoms with Crippen molar-refractivity contribution in [3.63, 3.8) is 0 Å². The van der Waals surface area contributed by atoms with Crippen molar-refractivity contribution in [2.24, 2.45) is 0 Å². The maximum atomic E-state index is 9.55. The van der Waals surface area contributed by atoms with Crippen molar-refractivity contribution in [1.82, 2.24) is 4.98 Å². The number of aliphatic hydroxyl groups excluding tert-OH is 1. The highest BCUT2D eigenvalue weighted by Gasteiger charge is 2.11. The topological polar surface area (TPSA) is 60.2 Å². The van der Waals surface area contributed by atoms with Crippen molar-refractivity contribution in [3.8, 4) is 6.07 Å². The van der Waals surface area contributed by atoms with Gasteiger partial charge >= 0.3 is 0 Å². The van der Waals surface area contributed by atoms with Crippen LogP contribution in [0.5, 0.6) is 0 Å². The van der Waals surface area contributed by atoms with Gasteiger partial charge in [-0.2, -0.15) is 5.26 Å². The van der Waals surface area contributed by atoms with Crippen LogP contribution >= 0.6 is 0 Å². The summed E-state index contributed by atoms with van der Waals surface area (Å²) in [6.45, 7) is 2.33. The third-order valence-corrected chi connectivity index (χ3v) is 2.19. The first kappa shape index (κ1) is 11.5. The summed E-state index contributed by atoms with van der Waals surface area (Å²) >= 11 is 0. The molecule has 0 aliphatic rings. The average molecular weight is 205 g/mol. The van der Waals surface area contributed by atoms with Crippen LogP contribution < -0.4 is 4.90 Å². The maximum Gasteiger partial charge on any atom is 0.134 e. The van der Waals surface area contributed by atoms with Gasteiger partial charge in [0.15, 0.2) is 0 Å². The molecule has 1 atom stereocenters. The Morgan fingerprint density at radius 2 is 2.40 bits per heavy atom. The minimum absolute atomic E-state index is 0.451. The van der Waals surface area contributed by atoms with Crippen LogP contribution in [0.15, 0.2) is 18.3 Å². The van der Waals surface area contributed by atoms with Gasteiger partial charge in [-0.1, -0.05) is 6.07 Å². The molecule has 15 heavy (non-hydrogen) atoms. The predicted molar refractivity (Wildman–Crippen MR) is 58.4 cm³/mol. The minimum atomic E-state index is -0.543. The first-order chi connectivity index (χ1) is 7.16. The van der Waals surface area contributed by atoms with E-state index in [1.54, 1.807) is 19.2 Å². The van der Waals surface area contributed by atoms with Gasteiger partial charge in [-0.3, -0.25) is 0 Å². The third kappa shape index (κ3) is 2.93. The molecule has 1 aromatic heterocycles. The molecular weight excluding hydrogens is 190 g/mol. The number of hydrogen-bond donors (Lipinski definition) is 1. The van der Waals surface area contributed by atoms with E-state index >= 15 is 0 Å². The summed E-state index contributed by atoms with van der Waals surface area (Å²) in [5.74, 6) is 0.739. The van der Waals surface area contributed by atoms with Crippen molar-refractivity contribution in [2.75, 3.05) is 18.5 Å². The molecule has 0 aliphatic carbocycles. The van der Waals surface area contributed by atoms with Crippen molar-refractivity contribution in [3.05, 3.63) is 23.9 Å². The average Bonchev–Trinajstić information content (AvgIpc) is 2.25. The summed E-state index contributed by atoms with van der Waals surface area (Å²) in [4.78, 5) is 6.09. The molecular formula is C11H15N3O. The smallest absolute Gasteiger partial charge is 0.134 e. The molecule has 0 spiro atoms. The van der Waals surface area contributed by atoms with E-state index in [1.807, 2.05) is 18.0 Å². The molecule has 0 radical (unpaired) electrons. The normalized spacial score (nSPS) is 11.9. The summed E-state index contributed by atoms with van der Waals surface area (Å²) in [5, 5.41) is 18.0. The lowest BCUT2D eigenvalue weighted by Gasteiger charge is -2.20. The highest BCUT2D eigenvalue weighted by Crippen LogP contribution is 2.22. The van der Waals surface area contributed by atoms with E-state index in [1.165, 1.54) is 0 Å². The summed E-state index contributed by atoms with van der Waals surface area (Å²) < 4.78 is 0. The summed E-state index contributed by atoms with van der Waals surface area (Å²) in [5.41, 5.74) is 0.790. The van der Waals surface area contributed by atoms with Gasteiger partial charge in [0, 0.05) is 25.4 Å². The van der Waals surface area contributed by atoms with Gasteiger partial charge in [-0.05, 0) is 13.0 Å². The fraction of sp³-hybridized carbons (Fsp3) is 0.455. The molecule has 1 N–H and O–H groups in total. The Morgan fingerprint density at radius 3 is 3.00 bits per heavy atom. The number of nitriles is 1. The molecule has 1 rings (SSSR count). The van der Waals surface area contributed by atoms with E-state index in [0.29, 0.717) is 13.0 Å². The van der Waals surface area contributed by atoms with Crippen LogP contribution in [-0.2, 0) is 0 Å². The van der Waals surface area contributed by atoms with Crippen LogP contribution in [0.3, 0.4) is 0 Å². The van der Waals surface area contributed by atoms with Crippen molar-refractivity contribution < 1.29 is 5.11 Å². The molecule has 80 valence electrons. The molecule has 0 unspecified atom stereocenters. The first-order valence-electron chi connectivity index (χ1n) is 4.88. The molecule has 4 heteroatoms. The van der Waals surface area contributed by atoms with E-state index in [0.717, 1.165) is 11.4 Å². The van der Waals surface area contributed by atoms with Crippen LogP contribution in [-0.4, -0.2) is 23.7 Å². The Morgan fingerprint density at radius 1 is 1.67 bits per heavy atom. The number of hydrogen-bond acceptors (Lipinski definition) is 4. The molecule has 0 saturated carbocycles. The Balaban J connectivity index is 2.88. The van der Waals surface area contributed by atoms with E-state index in [9.17, 15) is 5.11 Å². The summed E-state index contributed by atoms with van der Waals surface area (Å²) in [6, 6.07) is 5.72. The fourth-order valence-electron chi connectivity index (χ4n) is 1.38. The second kappa shape index (κ2) is 5.32. The zero-order chi connectivity index (χ0) is 11.3. The highest BCUT2D eigenvalue weighted by molar-refractivity contribution is 5.47. The maximum absolute atomic E-state index is 9.55. The van der Waals surface area contributed by atoms with E-state index in [-0.39, 0.29) is 0 Å². The number of pyridine rings is 1. The molecule has 0 amide bonds. The second-order valence-corrected chi connectivity index (χ2v) is 3.42. The number of rotatable bonds is 4. The van der Waals surface area contributed by atoms with Crippen molar-refractivity contribution in [1.29, 1.82) is 5.26 Å². The predicted octanol–water partition coefficient (Wildman–Crippen LogP) is 1.48. The molecule has 0 aromatic carbocycles. The lowest BCUT2D eigenvalue weighted by molar-refractivity contribution is 0.199. The number of nitrogens with zero attached hydrogens (tertiary/aromatic N) is 3. The van der Waals surface area contributed by atoms with E-state index in [2.05, 4.69) is 11.1 Å². The highest BCUT2D eigenvalue weighted by atomic mass is 16.3. The van der Waals surface area contributed by atoms with Crippen LogP contribution in [0.4, 0.5) is 5.82 Å². The number of aromatic nitrogens is 1. The second-order valence-electron chi connectivity index (χ2n) is 3.42. The number of anilines is 1. The van der Waals surface area contributed by atoms with Gasteiger partial charge in [0.1, 0.15) is 5.82 Å². The van der Waals surface area contributed by atoms with Crippen LogP contribution in [0.1, 0.15) is 25.0 Å². The van der Waals surface area contributed by atoms with Crippen LogP contribution in [0.2, 0.25) is 0 Å². The van der Waals surface area contributed by atoms with Crippen LogP contribution in [0, 0.1) is 11.3 Å². The van der Waals surface area contributed by atoms with Gasteiger partial charge in [0.25, 0.3) is 0 Å². The minimum Gasteiger partial charge on any atom is -0.389 e. The SMILES string of the molecule is C[C@H](O)c1cccnc1N(C)CCC#N.